The first-order valence-electron chi connectivity index (χ1n) is 6.34. The van der Waals surface area contributed by atoms with Gasteiger partial charge in [-0.3, -0.25) is 0 Å². The van der Waals surface area contributed by atoms with Gasteiger partial charge >= 0.3 is 6.18 Å². The summed E-state index contributed by atoms with van der Waals surface area (Å²) < 4.78 is 37.7. The van der Waals surface area contributed by atoms with Crippen LogP contribution < -0.4 is 0 Å². The van der Waals surface area contributed by atoms with E-state index in [1.165, 1.54) is 5.56 Å². The van der Waals surface area contributed by atoms with Crippen LogP contribution in [0.2, 0.25) is 0 Å². The summed E-state index contributed by atoms with van der Waals surface area (Å²) in [6.07, 6.45) is 0.601. The zero-order valence-electron chi connectivity index (χ0n) is 10.8. The van der Waals surface area contributed by atoms with Crippen molar-refractivity contribution < 1.29 is 13.2 Å². The molecule has 104 valence electrons. The molecule has 0 aliphatic heterocycles. The molecule has 0 bridgehead atoms. The lowest BCUT2D eigenvalue weighted by Gasteiger charge is -2.24. The third kappa shape index (κ3) is 3.78. The number of hydrogen-bond acceptors (Lipinski definition) is 1. The average molecular weight is 286 g/mol. The van der Waals surface area contributed by atoms with E-state index in [0.717, 1.165) is 16.9 Å². The molecule has 0 radical (unpaired) electrons. The predicted molar refractivity (Wildman–Crippen MR) is 75.0 cm³/mol. The summed E-state index contributed by atoms with van der Waals surface area (Å²) in [6, 6.07) is 8.15. The van der Waals surface area contributed by atoms with Gasteiger partial charge in [-0.2, -0.15) is 24.9 Å². The molecule has 0 saturated heterocycles. The quantitative estimate of drug-likeness (QED) is 0.727. The van der Waals surface area contributed by atoms with Crippen LogP contribution in [0.15, 0.2) is 30.3 Å². The normalized spacial score (nSPS) is 20.2. The minimum Gasteiger partial charge on any atom is -0.171 e. The molecule has 2 rings (SSSR count). The van der Waals surface area contributed by atoms with Gasteiger partial charge in [-0.1, -0.05) is 30.3 Å². The van der Waals surface area contributed by atoms with Crippen molar-refractivity contribution in [2.45, 2.75) is 31.2 Å². The fourth-order valence-corrected chi connectivity index (χ4v) is 2.90. The number of halogens is 3. The van der Waals surface area contributed by atoms with Crippen molar-refractivity contribution in [2.75, 3.05) is 6.26 Å². The molecule has 0 amide bonds. The summed E-state index contributed by atoms with van der Waals surface area (Å²) >= 11 is 1.76. The largest absolute Gasteiger partial charge is 0.392 e. The lowest BCUT2D eigenvalue weighted by Crippen LogP contribution is -2.24. The molecule has 0 fully saturated rings. The van der Waals surface area contributed by atoms with Crippen molar-refractivity contribution in [1.82, 2.24) is 0 Å². The number of alkyl halides is 3. The van der Waals surface area contributed by atoms with Crippen LogP contribution in [0, 0.1) is 5.92 Å². The van der Waals surface area contributed by atoms with Gasteiger partial charge in [0.25, 0.3) is 0 Å². The molecule has 1 aromatic rings. The Morgan fingerprint density at radius 1 is 1.21 bits per heavy atom. The Hall–Kier alpha value is -0.900. The molecule has 0 aromatic heterocycles. The van der Waals surface area contributed by atoms with Gasteiger partial charge in [-0.05, 0) is 42.2 Å². The SMILES string of the molecule is CSCc1ccc(C2=CCC(C(F)(F)F)CC2)cc1. The molecule has 1 aromatic carbocycles. The summed E-state index contributed by atoms with van der Waals surface area (Å²) in [6.45, 7) is 0. The molecule has 0 nitrogen and oxygen atoms in total. The highest BCUT2D eigenvalue weighted by atomic mass is 32.2. The van der Waals surface area contributed by atoms with Crippen molar-refractivity contribution >= 4 is 17.3 Å². The number of thioether (sulfide) groups is 1. The molecule has 0 saturated carbocycles. The van der Waals surface area contributed by atoms with Crippen LogP contribution in [0.3, 0.4) is 0 Å². The molecular formula is C15H17F3S. The summed E-state index contributed by atoms with van der Waals surface area (Å²) in [5.74, 6) is -0.192. The van der Waals surface area contributed by atoms with E-state index >= 15 is 0 Å². The van der Waals surface area contributed by atoms with E-state index in [0.29, 0.717) is 6.42 Å². The molecule has 1 aliphatic carbocycles. The number of rotatable bonds is 3. The predicted octanol–water partition coefficient (Wildman–Crippen LogP) is 5.30. The van der Waals surface area contributed by atoms with Crippen molar-refractivity contribution in [3.8, 4) is 0 Å². The second-order valence-electron chi connectivity index (χ2n) is 4.87. The standard InChI is InChI=1S/C15H17F3S/c1-19-10-11-2-4-12(5-3-11)13-6-8-14(9-7-13)15(16,17)18/h2-6,14H,7-10H2,1H3. The van der Waals surface area contributed by atoms with Gasteiger partial charge in [0, 0.05) is 5.75 Å². The molecule has 1 unspecified atom stereocenters. The summed E-state index contributed by atoms with van der Waals surface area (Å²) in [4.78, 5) is 0. The molecule has 1 aliphatic rings. The Morgan fingerprint density at radius 2 is 1.89 bits per heavy atom. The van der Waals surface area contributed by atoms with Crippen LogP contribution in [0.4, 0.5) is 13.2 Å². The second kappa shape index (κ2) is 6.04. The molecule has 4 heteroatoms. The lowest BCUT2D eigenvalue weighted by molar-refractivity contribution is -0.175. The van der Waals surface area contributed by atoms with Gasteiger partial charge in [0.05, 0.1) is 5.92 Å². The smallest absolute Gasteiger partial charge is 0.171 e. The molecular weight excluding hydrogens is 269 g/mol. The van der Waals surface area contributed by atoms with Gasteiger partial charge < -0.3 is 0 Å². The topological polar surface area (TPSA) is 0 Å². The molecule has 0 heterocycles. The second-order valence-corrected chi connectivity index (χ2v) is 5.74. The fraction of sp³-hybridized carbons (Fsp3) is 0.467. The first-order chi connectivity index (χ1) is 9.00. The summed E-state index contributed by atoms with van der Waals surface area (Å²) in [5.41, 5.74) is 3.36. The van der Waals surface area contributed by atoms with E-state index < -0.39 is 12.1 Å². The van der Waals surface area contributed by atoms with Crippen LogP contribution in [-0.4, -0.2) is 12.4 Å². The van der Waals surface area contributed by atoms with E-state index in [1.807, 2.05) is 12.1 Å². The van der Waals surface area contributed by atoms with Crippen LogP contribution in [-0.2, 0) is 5.75 Å². The highest BCUT2D eigenvalue weighted by Crippen LogP contribution is 2.39. The highest BCUT2D eigenvalue weighted by molar-refractivity contribution is 7.97. The molecule has 0 spiro atoms. The van der Waals surface area contributed by atoms with Gasteiger partial charge in [-0.25, -0.2) is 0 Å². The maximum Gasteiger partial charge on any atom is 0.392 e. The van der Waals surface area contributed by atoms with Gasteiger partial charge in [0.15, 0.2) is 0 Å². The maximum atomic E-state index is 12.6. The Morgan fingerprint density at radius 3 is 2.37 bits per heavy atom. The Balaban J connectivity index is 2.05. The van der Waals surface area contributed by atoms with Crippen LogP contribution in [0.5, 0.6) is 0 Å². The van der Waals surface area contributed by atoms with Crippen molar-refractivity contribution in [3.05, 3.63) is 41.5 Å². The third-order valence-electron chi connectivity index (χ3n) is 3.51. The average Bonchev–Trinajstić information content (AvgIpc) is 2.39. The molecule has 19 heavy (non-hydrogen) atoms. The van der Waals surface area contributed by atoms with E-state index in [1.54, 1.807) is 17.8 Å². The van der Waals surface area contributed by atoms with Gasteiger partial charge in [-0.15, -0.1) is 0 Å². The minimum atomic E-state index is -4.05. The number of allylic oxidation sites excluding steroid dienone is 2. The first kappa shape index (κ1) is 14.5. The monoisotopic (exact) mass is 286 g/mol. The van der Waals surface area contributed by atoms with Gasteiger partial charge in [0.1, 0.15) is 0 Å². The minimum absolute atomic E-state index is 0.116. The number of benzene rings is 1. The summed E-state index contributed by atoms with van der Waals surface area (Å²) in [7, 11) is 0. The third-order valence-corrected chi connectivity index (χ3v) is 4.13. The van der Waals surface area contributed by atoms with Crippen LogP contribution >= 0.6 is 11.8 Å². The number of hydrogen-bond donors (Lipinski definition) is 0. The van der Waals surface area contributed by atoms with Crippen molar-refractivity contribution in [3.63, 3.8) is 0 Å². The zero-order valence-corrected chi connectivity index (χ0v) is 11.7. The fourth-order valence-electron chi connectivity index (χ4n) is 2.38. The first-order valence-corrected chi connectivity index (χ1v) is 7.74. The van der Waals surface area contributed by atoms with E-state index in [4.69, 9.17) is 0 Å². The molecule has 0 N–H and O–H groups in total. The van der Waals surface area contributed by atoms with E-state index in [9.17, 15) is 13.2 Å². The van der Waals surface area contributed by atoms with Crippen molar-refractivity contribution in [1.29, 1.82) is 0 Å². The van der Waals surface area contributed by atoms with Crippen LogP contribution in [0.1, 0.15) is 30.4 Å². The van der Waals surface area contributed by atoms with Gasteiger partial charge in [0.2, 0.25) is 0 Å². The Labute approximate surface area is 116 Å². The molecule has 1 atom stereocenters. The lowest BCUT2D eigenvalue weighted by atomic mass is 9.86. The maximum absolute atomic E-state index is 12.6. The Kier molecular flexibility index (Phi) is 4.61. The van der Waals surface area contributed by atoms with Crippen molar-refractivity contribution in [2.24, 2.45) is 5.92 Å². The summed E-state index contributed by atoms with van der Waals surface area (Å²) in [5, 5.41) is 0. The van der Waals surface area contributed by atoms with Crippen LogP contribution in [0.25, 0.3) is 5.57 Å². The van der Waals surface area contributed by atoms with E-state index in [-0.39, 0.29) is 12.8 Å². The highest BCUT2D eigenvalue weighted by Gasteiger charge is 2.39. The van der Waals surface area contributed by atoms with E-state index in [2.05, 4.69) is 18.4 Å². The zero-order chi connectivity index (χ0) is 13.9. The Bertz CT molecular complexity index is 445.